The molecule has 0 aromatic carbocycles. The molecule has 0 radical (unpaired) electrons. The number of halogens is 1. The fourth-order valence-electron chi connectivity index (χ4n) is 2.04. The van der Waals surface area contributed by atoms with Gasteiger partial charge in [-0.1, -0.05) is 0 Å². The number of carbonyl (C=O) groups is 1. The van der Waals surface area contributed by atoms with E-state index in [2.05, 4.69) is 4.98 Å². The molecule has 1 fully saturated rings. The standard InChI is InChI=1S/C12H15FN2O3/c1-12(2)7-15(3-4-18-12)10-9(11(16)17)5-8(13)6-14-10/h5-6H,3-4,7H2,1-2H3,(H,16,17). The van der Waals surface area contributed by atoms with Gasteiger partial charge in [-0.05, 0) is 19.9 Å². The third kappa shape index (κ3) is 2.59. The molecule has 98 valence electrons. The summed E-state index contributed by atoms with van der Waals surface area (Å²) >= 11 is 0. The quantitative estimate of drug-likeness (QED) is 0.867. The number of anilines is 1. The summed E-state index contributed by atoms with van der Waals surface area (Å²) in [5.74, 6) is -1.54. The average Bonchev–Trinajstić information content (AvgIpc) is 2.27. The van der Waals surface area contributed by atoms with Crippen molar-refractivity contribution in [1.82, 2.24) is 4.98 Å². The number of pyridine rings is 1. The van der Waals surface area contributed by atoms with Crippen LogP contribution in [0.5, 0.6) is 0 Å². The number of aromatic nitrogens is 1. The zero-order valence-electron chi connectivity index (χ0n) is 10.3. The van der Waals surface area contributed by atoms with Gasteiger partial charge in [0, 0.05) is 13.1 Å². The molecule has 1 aliphatic rings. The van der Waals surface area contributed by atoms with Crippen molar-refractivity contribution in [2.45, 2.75) is 19.4 Å². The zero-order valence-corrected chi connectivity index (χ0v) is 10.3. The number of aromatic carboxylic acids is 1. The first-order chi connectivity index (χ1) is 8.39. The van der Waals surface area contributed by atoms with E-state index in [1.54, 1.807) is 0 Å². The molecule has 0 bridgehead atoms. The van der Waals surface area contributed by atoms with Crippen LogP contribution in [0.15, 0.2) is 12.3 Å². The van der Waals surface area contributed by atoms with Gasteiger partial charge in [-0.25, -0.2) is 14.2 Å². The van der Waals surface area contributed by atoms with Crippen molar-refractivity contribution in [3.63, 3.8) is 0 Å². The van der Waals surface area contributed by atoms with Crippen molar-refractivity contribution >= 4 is 11.8 Å². The van der Waals surface area contributed by atoms with Gasteiger partial charge >= 0.3 is 5.97 Å². The highest BCUT2D eigenvalue weighted by molar-refractivity contribution is 5.93. The summed E-state index contributed by atoms with van der Waals surface area (Å²) in [6.07, 6.45) is 1.03. The maximum Gasteiger partial charge on any atom is 0.339 e. The van der Waals surface area contributed by atoms with E-state index in [0.717, 1.165) is 12.3 Å². The second-order valence-electron chi connectivity index (χ2n) is 4.86. The molecule has 6 heteroatoms. The molecule has 1 saturated heterocycles. The van der Waals surface area contributed by atoms with E-state index in [-0.39, 0.29) is 11.2 Å². The first-order valence-corrected chi connectivity index (χ1v) is 5.67. The Labute approximate surface area is 104 Å². The van der Waals surface area contributed by atoms with Crippen LogP contribution >= 0.6 is 0 Å². The molecule has 0 saturated carbocycles. The lowest BCUT2D eigenvalue weighted by atomic mass is 10.1. The highest BCUT2D eigenvalue weighted by Crippen LogP contribution is 2.24. The lowest BCUT2D eigenvalue weighted by Gasteiger charge is -2.39. The summed E-state index contributed by atoms with van der Waals surface area (Å²) < 4.78 is 18.6. The van der Waals surface area contributed by atoms with E-state index in [4.69, 9.17) is 9.84 Å². The van der Waals surface area contributed by atoms with E-state index in [9.17, 15) is 9.18 Å². The number of morpholine rings is 1. The maximum absolute atomic E-state index is 13.1. The van der Waals surface area contributed by atoms with Crippen molar-refractivity contribution < 1.29 is 19.0 Å². The molecule has 1 N–H and O–H groups in total. The fraction of sp³-hybridized carbons (Fsp3) is 0.500. The second-order valence-corrected chi connectivity index (χ2v) is 4.86. The van der Waals surface area contributed by atoms with Crippen molar-refractivity contribution in [3.8, 4) is 0 Å². The Morgan fingerprint density at radius 1 is 1.61 bits per heavy atom. The minimum absolute atomic E-state index is 0.118. The van der Waals surface area contributed by atoms with E-state index >= 15 is 0 Å². The van der Waals surface area contributed by atoms with E-state index in [1.165, 1.54) is 0 Å². The van der Waals surface area contributed by atoms with Crippen LogP contribution in [0.1, 0.15) is 24.2 Å². The van der Waals surface area contributed by atoms with Crippen molar-refractivity contribution in [2.75, 3.05) is 24.6 Å². The number of carboxylic acid groups (broad SMARTS) is 1. The summed E-state index contributed by atoms with van der Waals surface area (Å²) in [4.78, 5) is 16.8. The van der Waals surface area contributed by atoms with E-state index in [1.807, 2.05) is 18.7 Å². The summed E-state index contributed by atoms with van der Waals surface area (Å²) in [5, 5.41) is 9.09. The molecule has 1 aromatic rings. The number of rotatable bonds is 2. The summed E-state index contributed by atoms with van der Waals surface area (Å²) in [5.41, 5.74) is -0.489. The van der Waals surface area contributed by atoms with Gasteiger partial charge in [0.15, 0.2) is 0 Å². The number of hydrogen-bond donors (Lipinski definition) is 1. The summed E-state index contributed by atoms with van der Waals surface area (Å²) in [6.45, 7) is 5.39. The van der Waals surface area contributed by atoms with Crippen LogP contribution in [-0.2, 0) is 4.74 Å². The van der Waals surface area contributed by atoms with Crippen molar-refractivity contribution in [2.24, 2.45) is 0 Å². The highest BCUT2D eigenvalue weighted by Gasteiger charge is 2.30. The molecular weight excluding hydrogens is 239 g/mol. The molecule has 1 aromatic heterocycles. The summed E-state index contributed by atoms with van der Waals surface area (Å²) in [6, 6.07) is 0.993. The van der Waals surface area contributed by atoms with Gasteiger partial charge in [-0.2, -0.15) is 0 Å². The number of hydrogen-bond acceptors (Lipinski definition) is 4. The lowest BCUT2D eigenvalue weighted by Crippen LogP contribution is -2.49. The van der Waals surface area contributed by atoms with Crippen LogP contribution in [0.25, 0.3) is 0 Å². The van der Waals surface area contributed by atoms with Crippen LogP contribution < -0.4 is 4.90 Å². The van der Waals surface area contributed by atoms with E-state index in [0.29, 0.717) is 25.5 Å². The number of carboxylic acids is 1. The molecular formula is C12H15FN2O3. The fourth-order valence-corrected chi connectivity index (χ4v) is 2.04. The van der Waals surface area contributed by atoms with Crippen LogP contribution in [-0.4, -0.2) is 41.4 Å². The van der Waals surface area contributed by atoms with Gasteiger partial charge in [0.2, 0.25) is 0 Å². The van der Waals surface area contributed by atoms with Crippen molar-refractivity contribution in [3.05, 3.63) is 23.6 Å². The number of nitrogens with zero attached hydrogens (tertiary/aromatic N) is 2. The minimum Gasteiger partial charge on any atom is -0.478 e. The van der Waals surface area contributed by atoms with Crippen LogP contribution in [0.3, 0.4) is 0 Å². The van der Waals surface area contributed by atoms with Gasteiger partial charge in [-0.15, -0.1) is 0 Å². The van der Waals surface area contributed by atoms with Gasteiger partial charge in [0.1, 0.15) is 17.2 Å². The number of ether oxygens (including phenoxy) is 1. The van der Waals surface area contributed by atoms with E-state index < -0.39 is 11.8 Å². The first-order valence-electron chi connectivity index (χ1n) is 5.67. The Morgan fingerprint density at radius 2 is 2.33 bits per heavy atom. The lowest BCUT2D eigenvalue weighted by molar-refractivity contribution is -0.0279. The van der Waals surface area contributed by atoms with Gasteiger partial charge in [0.05, 0.1) is 18.4 Å². The molecule has 0 atom stereocenters. The van der Waals surface area contributed by atoms with Crippen LogP contribution in [0.2, 0.25) is 0 Å². The van der Waals surface area contributed by atoms with Gasteiger partial charge in [-0.3, -0.25) is 0 Å². The molecule has 0 amide bonds. The van der Waals surface area contributed by atoms with Gasteiger partial charge in [0.25, 0.3) is 0 Å². The highest BCUT2D eigenvalue weighted by atomic mass is 19.1. The van der Waals surface area contributed by atoms with Gasteiger partial charge < -0.3 is 14.7 Å². The third-order valence-corrected chi connectivity index (χ3v) is 2.79. The molecule has 5 nitrogen and oxygen atoms in total. The molecule has 1 aliphatic heterocycles. The topological polar surface area (TPSA) is 62.7 Å². The Morgan fingerprint density at radius 3 is 2.94 bits per heavy atom. The Kier molecular flexibility index (Phi) is 3.21. The normalized spacial score (nSPS) is 18.7. The smallest absolute Gasteiger partial charge is 0.339 e. The molecule has 0 unspecified atom stereocenters. The molecule has 0 aliphatic carbocycles. The SMILES string of the molecule is CC1(C)CN(c2ncc(F)cc2C(=O)O)CCO1. The minimum atomic E-state index is -1.18. The molecule has 0 spiro atoms. The van der Waals surface area contributed by atoms with Crippen LogP contribution in [0.4, 0.5) is 10.2 Å². The summed E-state index contributed by atoms with van der Waals surface area (Å²) in [7, 11) is 0. The first kappa shape index (κ1) is 12.8. The van der Waals surface area contributed by atoms with Crippen LogP contribution in [0, 0.1) is 5.82 Å². The largest absolute Gasteiger partial charge is 0.478 e. The third-order valence-electron chi connectivity index (χ3n) is 2.79. The average molecular weight is 254 g/mol. The predicted octanol–water partition coefficient (Wildman–Crippen LogP) is 1.53. The second kappa shape index (κ2) is 4.53. The predicted molar refractivity (Wildman–Crippen MR) is 63.4 cm³/mol. The molecule has 2 heterocycles. The Balaban J connectivity index is 2.35. The molecule has 18 heavy (non-hydrogen) atoms. The zero-order chi connectivity index (χ0) is 13.3. The molecule has 2 rings (SSSR count). The Hall–Kier alpha value is -1.69. The Bertz CT molecular complexity index is 476. The monoisotopic (exact) mass is 254 g/mol. The van der Waals surface area contributed by atoms with Crippen molar-refractivity contribution in [1.29, 1.82) is 0 Å². The maximum atomic E-state index is 13.1.